The van der Waals surface area contributed by atoms with Gasteiger partial charge in [-0.25, -0.2) is 4.98 Å². The molecule has 5 rings (SSSR count). The third kappa shape index (κ3) is 5.79. The zero-order chi connectivity index (χ0) is 26.6. The molecule has 1 aliphatic carbocycles. The topological polar surface area (TPSA) is 134 Å². The number of rotatable bonds is 8. The molecule has 3 heterocycles. The Morgan fingerprint density at radius 2 is 2.13 bits per heavy atom. The summed E-state index contributed by atoms with van der Waals surface area (Å²) in [7, 11) is 1.53. The van der Waals surface area contributed by atoms with E-state index in [-0.39, 0.29) is 24.4 Å². The van der Waals surface area contributed by atoms with Gasteiger partial charge in [-0.05, 0) is 49.1 Å². The molecule has 2 aromatic heterocycles. The summed E-state index contributed by atoms with van der Waals surface area (Å²) in [5.74, 6) is -0.344. The van der Waals surface area contributed by atoms with Crippen molar-refractivity contribution in [3.63, 3.8) is 0 Å². The molecular formula is C27H27N5O5S. The lowest BCUT2D eigenvalue weighted by Crippen LogP contribution is -2.40. The minimum Gasteiger partial charge on any atom is -0.481 e. The molecule has 0 fully saturated rings. The molecule has 196 valence electrons. The lowest BCUT2D eigenvalue weighted by Gasteiger charge is -2.33. The van der Waals surface area contributed by atoms with Gasteiger partial charge in [-0.15, -0.1) is 11.8 Å². The van der Waals surface area contributed by atoms with Gasteiger partial charge in [-0.1, -0.05) is 12.1 Å². The number of methoxy groups -OCH3 is 1. The monoisotopic (exact) mass is 533 g/mol. The standard InChI is InChI=1S/C27H27N5O5S/c1-37-24-9-7-19-26(31-24)20(10-11-28-19)30-27(36)17-3-5-18(6-4-17)32(14-25(34)35)13-16-2-8-22-21(12-16)29-23(33)15-38-22/h2-3,7-12,18H,4-6,13-15H2,1H3,(H,29,33)(H,34,35)(H,28,30,36). The van der Waals surface area contributed by atoms with Crippen LogP contribution in [0, 0.1) is 0 Å². The van der Waals surface area contributed by atoms with Crippen LogP contribution in [0.25, 0.3) is 11.0 Å². The number of carboxylic acids is 1. The molecule has 2 amide bonds. The van der Waals surface area contributed by atoms with Crippen LogP contribution in [0.15, 0.2) is 59.1 Å². The van der Waals surface area contributed by atoms with Crippen molar-refractivity contribution in [3.8, 4) is 5.88 Å². The summed E-state index contributed by atoms with van der Waals surface area (Å²) in [5.41, 5.74) is 4.07. The number of benzene rings is 1. The maximum absolute atomic E-state index is 13.1. The molecule has 1 aromatic carbocycles. The first-order chi connectivity index (χ1) is 18.4. The van der Waals surface area contributed by atoms with Crippen LogP contribution in [-0.4, -0.2) is 63.2 Å². The highest BCUT2D eigenvalue weighted by molar-refractivity contribution is 8.00. The van der Waals surface area contributed by atoms with Crippen LogP contribution in [0.5, 0.6) is 5.88 Å². The molecule has 3 N–H and O–H groups in total. The van der Waals surface area contributed by atoms with Gasteiger partial charge < -0.3 is 20.5 Å². The van der Waals surface area contributed by atoms with Crippen molar-refractivity contribution in [2.24, 2.45) is 0 Å². The number of pyridine rings is 2. The van der Waals surface area contributed by atoms with Gasteiger partial charge in [0, 0.05) is 35.3 Å². The number of carbonyl (C=O) groups excluding carboxylic acids is 2. The van der Waals surface area contributed by atoms with Gasteiger partial charge >= 0.3 is 5.97 Å². The van der Waals surface area contributed by atoms with Gasteiger partial charge in [-0.3, -0.25) is 24.3 Å². The number of anilines is 2. The van der Waals surface area contributed by atoms with E-state index in [1.807, 2.05) is 29.2 Å². The maximum atomic E-state index is 13.1. The number of nitrogens with zero attached hydrogens (tertiary/aromatic N) is 3. The number of aromatic nitrogens is 2. The number of hydrogen-bond acceptors (Lipinski definition) is 8. The molecule has 0 bridgehead atoms. The third-order valence-electron chi connectivity index (χ3n) is 6.61. The molecule has 1 unspecified atom stereocenters. The van der Waals surface area contributed by atoms with Crippen molar-refractivity contribution < 1.29 is 24.2 Å². The second-order valence-electron chi connectivity index (χ2n) is 9.16. The van der Waals surface area contributed by atoms with Crippen molar-refractivity contribution in [2.45, 2.75) is 36.7 Å². The lowest BCUT2D eigenvalue weighted by molar-refractivity contribution is -0.139. The van der Waals surface area contributed by atoms with Crippen molar-refractivity contribution >= 4 is 52.0 Å². The van der Waals surface area contributed by atoms with Crippen LogP contribution in [0.2, 0.25) is 0 Å². The van der Waals surface area contributed by atoms with E-state index >= 15 is 0 Å². The highest BCUT2D eigenvalue weighted by Gasteiger charge is 2.26. The Labute approximate surface area is 223 Å². The number of fused-ring (bicyclic) bond motifs is 2. The summed E-state index contributed by atoms with van der Waals surface area (Å²) in [5, 5.41) is 15.4. The first-order valence-electron chi connectivity index (χ1n) is 12.2. The molecule has 1 aliphatic heterocycles. The smallest absolute Gasteiger partial charge is 0.317 e. The predicted molar refractivity (Wildman–Crippen MR) is 144 cm³/mol. The Morgan fingerprint density at radius 3 is 2.89 bits per heavy atom. The molecule has 0 saturated carbocycles. The average molecular weight is 534 g/mol. The minimum atomic E-state index is -0.910. The largest absolute Gasteiger partial charge is 0.481 e. The van der Waals surface area contributed by atoms with Crippen molar-refractivity contribution in [1.82, 2.24) is 14.9 Å². The summed E-state index contributed by atoms with van der Waals surface area (Å²) < 4.78 is 5.21. The van der Waals surface area contributed by atoms with E-state index in [0.29, 0.717) is 59.7 Å². The van der Waals surface area contributed by atoms with E-state index in [0.717, 1.165) is 16.1 Å². The predicted octanol–water partition coefficient (Wildman–Crippen LogP) is 3.69. The van der Waals surface area contributed by atoms with Gasteiger partial charge in [0.25, 0.3) is 5.91 Å². The van der Waals surface area contributed by atoms with Gasteiger partial charge in [0.05, 0.1) is 36.3 Å². The Morgan fingerprint density at radius 1 is 1.26 bits per heavy atom. The molecule has 0 saturated heterocycles. The number of thioether (sulfide) groups is 1. The minimum absolute atomic E-state index is 0.0321. The normalized spacial score (nSPS) is 16.9. The number of hydrogen-bond donors (Lipinski definition) is 3. The van der Waals surface area contributed by atoms with E-state index < -0.39 is 5.97 Å². The fourth-order valence-corrected chi connectivity index (χ4v) is 5.52. The molecule has 3 aromatic rings. The molecule has 38 heavy (non-hydrogen) atoms. The fourth-order valence-electron chi connectivity index (χ4n) is 4.73. The quantitative estimate of drug-likeness (QED) is 0.396. The molecule has 1 atom stereocenters. The summed E-state index contributed by atoms with van der Waals surface area (Å²) in [4.78, 5) is 48.1. The second kappa shape index (κ2) is 11.2. The van der Waals surface area contributed by atoms with Crippen LogP contribution >= 0.6 is 11.8 Å². The number of carbonyl (C=O) groups is 3. The molecule has 2 aliphatic rings. The Hall–Kier alpha value is -3.96. The van der Waals surface area contributed by atoms with E-state index in [2.05, 4.69) is 20.6 Å². The first kappa shape index (κ1) is 25.7. The van der Waals surface area contributed by atoms with Gasteiger partial charge in [0.15, 0.2) is 0 Å². The summed E-state index contributed by atoms with van der Waals surface area (Å²) in [6.07, 6.45) is 5.22. The molecule has 11 heteroatoms. The maximum Gasteiger partial charge on any atom is 0.317 e. The highest BCUT2D eigenvalue weighted by Crippen LogP contribution is 2.33. The summed E-state index contributed by atoms with van der Waals surface area (Å²) >= 11 is 1.49. The highest BCUT2D eigenvalue weighted by atomic mass is 32.2. The van der Waals surface area contributed by atoms with E-state index in [4.69, 9.17) is 4.74 Å². The summed E-state index contributed by atoms with van der Waals surface area (Å²) in [6, 6.07) is 11.0. The van der Waals surface area contributed by atoms with E-state index in [9.17, 15) is 19.5 Å². The number of ether oxygens (including phenoxy) is 1. The number of nitrogens with one attached hydrogen (secondary N) is 2. The van der Waals surface area contributed by atoms with E-state index in [1.165, 1.54) is 18.9 Å². The Bertz CT molecular complexity index is 1440. The van der Waals surface area contributed by atoms with Crippen LogP contribution < -0.4 is 15.4 Å². The zero-order valence-corrected chi connectivity index (χ0v) is 21.6. The van der Waals surface area contributed by atoms with Crippen molar-refractivity contribution in [3.05, 3.63) is 59.8 Å². The zero-order valence-electron chi connectivity index (χ0n) is 20.8. The van der Waals surface area contributed by atoms with Gasteiger partial charge in [0.1, 0.15) is 5.52 Å². The van der Waals surface area contributed by atoms with E-state index in [1.54, 1.807) is 24.4 Å². The molecular weight excluding hydrogens is 506 g/mol. The fraction of sp³-hybridized carbons (Fsp3) is 0.296. The number of aliphatic carboxylic acids is 1. The van der Waals surface area contributed by atoms with Crippen LogP contribution in [0.3, 0.4) is 0 Å². The van der Waals surface area contributed by atoms with Crippen molar-refractivity contribution in [1.29, 1.82) is 0 Å². The third-order valence-corrected chi connectivity index (χ3v) is 7.68. The van der Waals surface area contributed by atoms with Gasteiger partial charge in [-0.2, -0.15) is 0 Å². The Balaban J connectivity index is 1.28. The number of carboxylic acid groups (broad SMARTS) is 1. The van der Waals surface area contributed by atoms with Crippen LogP contribution in [-0.2, 0) is 20.9 Å². The van der Waals surface area contributed by atoms with Crippen LogP contribution in [0.1, 0.15) is 24.8 Å². The lowest BCUT2D eigenvalue weighted by atomic mass is 9.93. The molecule has 0 radical (unpaired) electrons. The first-order valence-corrected chi connectivity index (χ1v) is 13.2. The number of amides is 2. The summed E-state index contributed by atoms with van der Waals surface area (Å²) in [6.45, 7) is 0.311. The molecule has 0 spiro atoms. The SMILES string of the molecule is COc1ccc2nccc(NC(=O)C3=CCC(N(CC(=O)O)Cc4ccc5c(c4)NC(=O)CS5)CC3)c2n1. The van der Waals surface area contributed by atoms with Crippen molar-refractivity contribution in [2.75, 3.05) is 30.0 Å². The van der Waals surface area contributed by atoms with Gasteiger partial charge in [0.2, 0.25) is 11.8 Å². The second-order valence-corrected chi connectivity index (χ2v) is 10.2. The van der Waals surface area contributed by atoms with Crippen LogP contribution in [0.4, 0.5) is 11.4 Å². The molecule has 10 nitrogen and oxygen atoms in total. The Kier molecular flexibility index (Phi) is 7.57. The average Bonchev–Trinajstić information content (AvgIpc) is 2.92.